The number of benzene rings is 2. The van der Waals surface area contributed by atoms with Crippen molar-refractivity contribution in [2.24, 2.45) is 0 Å². The number of nitrogens with zero attached hydrogens (tertiary/aromatic N) is 2. The lowest BCUT2D eigenvalue weighted by atomic mass is 10.0. The monoisotopic (exact) mass is 487 g/mol. The Morgan fingerprint density at radius 2 is 1.62 bits per heavy atom. The molecule has 1 atom stereocenters. The van der Waals surface area contributed by atoms with Gasteiger partial charge in [-0.2, -0.15) is 0 Å². The number of amides is 2. The Bertz CT molecular complexity index is 1100. The van der Waals surface area contributed by atoms with E-state index in [9.17, 15) is 18.0 Å². The molecule has 0 aromatic heterocycles. The predicted molar refractivity (Wildman–Crippen MR) is 137 cm³/mol. The van der Waals surface area contributed by atoms with Gasteiger partial charge < -0.3 is 10.2 Å². The molecular formula is C26H37N3O4S. The zero-order valence-corrected chi connectivity index (χ0v) is 21.9. The Labute approximate surface area is 204 Å². The van der Waals surface area contributed by atoms with Crippen LogP contribution in [-0.2, 0) is 26.2 Å². The maximum atomic E-state index is 13.7. The van der Waals surface area contributed by atoms with Crippen LogP contribution in [0.2, 0.25) is 0 Å². The summed E-state index contributed by atoms with van der Waals surface area (Å²) in [6.07, 6.45) is 1.51. The number of carbonyl (C=O) groups is 2. The molecule has 2 aromatic rings. The number of hydrogen-bond acceptors (Lipinski definition) is 4. The van der Waals surface area contributed by atoms with Gasteiger partial charge in [0.1, 0.15) is 12.6 Å². The average molecular weight is 488 g/mol. The first-order valence-electron chi connectivity index (χ1n) is 11.7. The third-order valence-electron chi connectivity index (χ3n) is 5.85. The van der Waals surface area contributed by atoms with Crippen molar-refractivity contribution in [3.05, 3.63) is 65.2 Å². The van der Waals surface area contributed by atoms with E-state index in [1.165, 1.54) is 4.90 Å². The molecule has 0 spiro atoms. The minimum atomic E-state index is -3.76. The van der Waals surface area contributed by atoms with Gasteiger partial charge in [0.25, 0.3) is 0 Å². The lowest BCUT2D eigenvalue weighted by molar-refractivity contribution is -0.140. The number of sulfonamides is 1. The van der Waals surface area contributed by atoms with E-state index >= 15 is 0 Å². The average Bonchev–Trinajstić information content (AvgIpc) is 2.77. The fourth-order valence-electron chi connectivity index (χ4n) is 3.98. The summed E-state index contributed by atoms with van der Waals surface area (Å²) in [5.41, 5.74) is 3.22. The molecule has 34 heavy (non-hydrogen) atoms. The van der Waals surface area contributed by atoms with E-state index in [2.05, 4.69) is 5.32 Å². The summed E-state index contributed by atoms with van der Waals surface area (Å²) in [7, 11) is -3.76. The smallest absolute Gasteiger partial charge is 0.244 e. The summed E-state index contributed by atoms with van der Waals surface area (Å²) in [4.78, 5) is 28.1. The van der Waals surface area contributed by atoms with Gasteiger partial charge in [-0.25, -0.2) is 8.42 Å². The van der Waals surface area contributed by atoms with Crippen LogP contribution in [0.1, 0.15) is 56.7 Å². The molecule has 2 aromatic carbocycles. The molecule has 186 valence electrons. The van der Waals surface area contributed by atoms with Gasteiger partial charge in [-0.1, -0.05) is 63.2 Å². The Balaban J connectivity index is 2.51. The van der Waals surface area contributed by atoms with E-state index in [0.717, 1.165) is 27.3 Å². The van der Waals surface area contributed by atoms with Crippen LogP contribution in [0.5, 0.6) is 0 Å². The van der Waals surface area contributed by atoms with Crippen molar-refractivity contribution in [2.75, 3.05) is 23.7 Å². The van der Waals surface area contributed by atoms with E-state index in [1.54, 1.807) is 12.1 Å². The van der Waals surface area contributed by atoms with Gasteiger partial charge in [0.2, 0.25) is 21.8 Å². The van der Waals surface area contributed by atoms with E-state index < -0.39 is 22.0 Å². The number of aryl methyl sites for hydroxylation is 1. The lowest BCUT2D eigenvalue weighted by Crippen LogP contribution is -2.52. The van der Waals surface area contributed by atoms with E-state index in [4.69, 9.17) is 0 Å². The molecule has 0 unspecified atom stereocenters. The molecule has 0 fully saturated rings. The normalized spacial score (nSPS) is 12.3. The van der Waals surface area contributed by atoms with Crippen LogP contribution in [0, 0.1) is 6.92 Å². The second-order valence-corrected chi connectivity index (χ2v) is 10.7. The highest BCUT2D eigenvalue weighted by Crippen LogP contribution is 2.29. The Morgan fingerprint density at radius 1 is 1.00 bits per heavy atom. The summed E-state index contributed by atoms with van der Waals surface area (Å²) < 4.78 is 26.8. The fourth-order valence-corrected chi connectivity index (χ4v) is 4.85. The second-order valence-electron chi connectivity index (χ2n) is 8.75. The van der Waals surface area contributed by atoms with Crippen molar-refractivity contribution in [1.29, 1.82) is 0 Å². The Hall–Kier alpha value is -2.87. The van der Waals surface area contributed by atoms with Crippen LogP contribution < -0.4 is 9.62 Å². The molecule has 0 radical (unpaired) electrons. The van der Waals surface area contributed by atoms with Crippen molar-refractivity contribution in [2.45, 2.75) is 59.5 Å². The van der Waals surface area contributed by atoms with Crippen LogP contribution >= 0.6 is 0 Å². The van der Waals surface area contributed by atoms with Crippen molar-refractivity contribution in [3.63, 3.8) is 0 Å². The fraction of sp³-hybridized carbons (Fsp3) is 0.462. The Morgan fingerprint density at radius 3 is 2.18 bits per heavy atom. The molecule has 0 heterocycles. The van der Waals surface area contributed by atoms with Crippen LogP contribution in [0.4, 0.5) is 5.69 Å². The van der Waals surface area contributed by atoms with Gasteiger partial charge in [0, 0.05) is 13.1 Å². The van der Waals surface area contributed by atoms with Crippen molar-refractivity contribution >= 4 is 27.5 Å². The molecule has 0 aliphatic carbocycles. The molecule has 2 rings (SSSR count). The first-order chi connectivity index (χ1) is 16.0. The molecule has 2 amide bonds. The SMILES string of the molecule is CCNC(=O)[C@H](CC)N(Cc1ccccc1C)C(=O)CN(c1ccccc1C(C)C)S(C)(=O)=O. The van der Waals surface area contributed by atoms with Crippen LogP contribution in [0.15, 0.2) is 48.5 Å². The largest absolute Gasteiger partial charge is 0.355 e. The number of para-hydroxylation sites is 1. The molecule has 0 bridgehead atoms. The summed E-state index contributed by atoms with van der Waals surface area (Å²) in [5, 5.41) is 2.81. The maximum absolute atomic E-state index is 13.7. The number of nitrogens with one attached hydrogen (secondary N) is 1. The summed E-state index contributed by atoms with van der Waals surface area (Å²) in [6, 6.07) is 14.2. The van der Waals surface area contributed by atoms with Crippen molar-refractivity contribution in [3.8, 4) is 0 Å². The number of carbonyl (C=O) groups excluding carboxylic acids is 2. The highest BCUT2D eigenvalue weighted by molar-refractivity contribution is 7.92. The number of hydrogen-bond donors (Lipinski definition) is 1. The van der Waals surface area contributed by atoms with Gasteiger partial charge >= 0.3 is 0 Å². The van der Waals surface area contributed by atoms with Gasteiger partial charge in [-0.05, 0) is 48.9 Å². The van der Waals surface area contributed by atoms with Crippen LogP contribution in [0.3, 0.4) is 0 Å². The molecule has 0 saturated heterocycles. The second kappa shape index (κ2) is 12.0. The standard InChI is InChI=1S/C26H37N3O4S/c1-7-23(26(31)27-8-2)28(17-21-14-10-9-13-20(21)5)25(30)18-29(34(6,32)33)24-16-12-11-15-22(24)19(3)4/h9-16,19,23H,7-8,17-18H2,1-6H3,(H,27,31)/t23-/m0/s1. The molecular weight excluding hydrogens is 450 g/mol. The van der Waals surface area contributed by atoms with Crippen LogP contribution in [-0.4, -0.2) is 50.5 Å². The van der Waals surface area contributed by atoms with Gasteiger partial charge in [-0.15, -0.1) is 0 Å². The first-order valence-corrected chi connectivity index (χ1v) is 13.5. The van der Waals surface area contributed by atoms with Crippen molar-refractivity contribution in [1.82, 2.24) is 10.2 Å². The molecule has 7 nitrogen and oxygen atoms in total. The molecule has 8 heteroatoms. The highest BCUT2D eigenvalue weighted by Gasteiger charge is 2.32. The summed E-state index contributed by atoms with van der Waals surface area (Å²) in [6.45, 7) is 9.86. The van der Waals surface area contributed by atoms with E-state index in [1.807, 2.05) is 71.0 Å². The van der Waals surface area contributed by atoms with Gasteiger partial charge in [-0.3, -0.25) is 13.9 Å². The maximum Gasteiger partial charge on any atom is 0.244 e. The van der Waals surface area contributed by atoms with Gasteiger partial charge in [0.05, 0.1) is 11.9 Å². The topological polar surface area (TPSA) is 86.8 Å². The zero-order valence-electron chi connectivity index (χ0n) is 21.0. The van der Waals surface area contributed by atoms with Crippen molar-refractivity contribution < 1.29 is 18.0 Å². The third kappa shape index (κ3) is 6.82. The lowest BCUT2D eigenvalue weighted by Gasteiger charge is -2.33. The highest BCUT2D eigenvalue weighted by atomic mass is 32.2. The quantitative estimate of drug-likeness (QED) is 0.522. The third-order valence-corrected chi connectivity index (χ3v) is 6.97. The van der Waals surface area contributed by atoms with E-state index in [0.29, 0.717) is 18.7 Å². The molecule has 1 N–H and O–H groups in total. The number of anilines is 1. The first kappa shape index (κ1) is 27.4. The minimum Gasteiger partial charge on any atom is -0.355 e. The minimum absolute atomic E-state index is 0.0670. The van der Waals surface area contributed by atoms with Gasteiger partial charge in [0.15, 0.2) is 0 Å². The summed E-state index contributed by atoms with van der Waals surface area (Å²) in [5.74, 6) is -0.608. The number of rotatable bonds is 11. The van der Waals surface area contributed by atoms with E-state index in [-0.39, 0.29) is 24.9 Å². The summed E-state index contributed by atoms with van der Waals surface area (Å²) >= 11 is 0. The molecule has 0 saturated carbocycles. The number of likely N-dealkylation sites (N-methyl/N-ethyl adjacent to an activating group) is 1. The Kier molecular flexibility index (Phi) is 9.67. The molecule has 0 aliphatic rings. The van der Waals surface area contributed by atoms with Crippen LogP contribution in [0.25, 0.3) is 0 Å². The molecule has 0 aliphatic heterocycles. The zero-order chi connectivity index (χ0) is 25.5. The predicted octanol–water partition coefficient (Wildman–Crippen LogP) is 3.83.